The Bertz CT molecular complexity index is 1330. The Kier molecular flexibility index (Phi) is 5.49. The number of anilines is 3. The highest BCUT2D eigenvalue weighted by Gasteiger charge is 2.26. The minimum atomic E-state index is -0.384. The summed E-state index contributed by atoms with van der Waals surface area (Å²) in [5.41, 5.74) is 2.61. The van der Waals surface area contributed by atoms with Crippen molar-refractivity contribution in [3.8, 4) is 0 Å². The molecule has 0 unspecified atom stereocenters. The fourth-order valence-electron chi connectivity index (χ4n) is 4.19. The van der Waals surface area contributed by atoms with Crippen LogP contribution in [0.25, 0.3) is 11.7 Å². The van der Waals surface area contributed by atoms with E-state index < -0.39 is 0 Å². The van der Waals surface area contributed by atoms with Crippen LogP contribution in [0.5, 0.6) is 0 Å². The average Bonchev–Trinajstić information content (AvgIpc) is 3.51. The van der Waals surface area contributed by atoms with E-state index in [9.17, 15) is 9.59 Å². The zero-order valence-corrected chi connectivity index (χ0v) is 19.0. The fourth-order valence-corrected chi connectivity index (χ4v) is 4.19. The van der Waals surface area contributed by atoms with E-state index in [1.807, 2.05) is 12.1 Å². The molecule has 35 heavy (non-hydrogen) atoms. The van der Waals surface area contributed by atoms with Gasteiger partial charge in [0.05, 0.1) is 25.8 Å². The molecule has 1 saturated carbocycles. The van der Waals surface area contributed by atoms with Gasteiger partial charge in [-0.25, -0.2) is 4.98 Å². The number of amides is 2. The molecule has 180 valence electrons. The molecule has 3 aliphatic rings. The van der Waals surface area contributed by atoms with Gasteiger partial charge in [0.25, 0.3) is 5.91 Å². The van der Waals surface area contributed by atoms with Gasteiger partial charge >= 0.3 is 0 Å². The second-order valence-electron chi connectivity index (χ2n) is 8.79. The minimum absolute atomic E-state index is 0.0465. The largest absolute Gasteiger partial charge is 0.378 e. The van der Waals surface area contributed by atoms with E-state index in [1.165, 1.54) is 0 Å². The fraction of sp³-hybridized carbons (Fsp3) is 0.391. The molecule has 2 aliphatic heterocycles. The predicted octanol–water partition coefficient (Wildman–Crippen LogP) is 0.972. The molecular formula is C23H25N9O3. The molecule has 12 nitrogen and oxygen atoms in total. The van der Waals surface area contributed by atoms with Gasteiger partial charge in [0.2, 0.25) is 17.8 Å². The Hall–Kier alpha value is -4.06. The van der Waals surface area contributed by atoms with Crippen LogP contribution in [0.2, 0.25) is 0 Å². The van der Waals surface area contributed by atoms with Gasteiger partial charge in [-0.15, -0.1) is 0 Å². The number of rotatable bonds is 7. The summed E-state index contributed by atoms with van der Waals surface area (Å²) in [4.78, 5) is 39.8. The lowest BCUT2D eigenvalue weighted by atomic mass is 10.1. The van der Waals surface area contributed by atoms with Crippen LogP contribution in [-0.4, -0.2) is 68.7 Å². The molecule has 2 saturated heterocycles. The van der Waals surface area contributed by atoms with Crippen LogP contribution < -0.4 is 20.9 Å². The first-order valence-corrected chi connectivity index (χ1v) is 11.7. The quantitative estimate of drug-likeness (QED) is 0.335. The zero-order chi connectivity index (χ0) is 23.8. The van der Waals surface area contributed by atoms with Crippen molar-refractivity contribution >= 4 is 41.3 Å². The summed E-state index contributed by atoms with van der Waals surface area (Å²) in [7, 11) is 0. The number of ether oxygens (including phenoxy) is 1. The first-order valence-electron chi connectivity index (χ1n) is 11.7. The number of nitrogens with zero attached hydrogens (tertiary/aromatic N) is 6. The first-order chi connectivity index (χ1) is 17.1. The van der Waals surface area contributed by atoms with Crippen molar-refractivity contribution in [1.82, 2.24) is 29.9 Å². The van der Waals surface area contributed by atoms with Crippen molar-refractivity contribution < 1.29 is 14.3 Å². The van der Waals surface area contributed by atoms with Crippen molar-refractivity contribution in [1.29, 1.82) is 0 Å². The van der Waals surface area contributed by atoms with Gasteiger partial charge in [0.1, 0.15) is 5.82 Å². The van der Waals surface area contributed by atoms with Gasteiger partial charge in [0, 0.05) is 48.6 Å². The second-order valence-corrected chi connectivity index (χ2v) is 8.79. The van der Waals surface area contributed by atoms with E-state index in [-0.39, 0.29) is 18.2 Å². The summed E-state index contributed by atoms with van der Waals surface area (Å²) >= 11 is 0. The molecule has 2 amide bonds. The molecule has 0 radical (unpaired) electrons. The Labute approximate surface area is 200 Å². The number of aromatic nitrogens is 5. The summed E-state index contributed by atoms with van der Waals surface area (Å²) in [6.45, 7) is 3.45. The maximum Gasteiger partial charge on any atom is 0.254 e. The van der Waals surface area contributed by atoms with Gasteiger partial charge in [0.15, 0.2) is 5.65 Å². The number of hydrogen-bond donors (Lipinski definition) is 3. The topological polar surface area (TPSA) is 139 Å². The number of hydrogen-bond acceptors (Lipinski definition) is 10. The molecule has 3 aromatic rings. The maximum atomic E-state index is 12.1. The molecule has 3 N–H and O–H groups in total. The number of pyridine rings is 1. The molecule has 3 aromatic heterocycles. The number of carbonyl (C=O) groups excluding carboxylic acids is 2. The number of carbonyl (C=O) groups is 2. The number of nitrogens with one attached hydrogen (secondary N) is 3. The number of imide groups is 1. The standard InChI is InChI=1S/C23H25N9O3/c33-18-11-15(21(34)28-18)10-16-13-26-32-20(16)29-22(30-23(32)27-17-3-4-17)25-12-14-2-1-5-24-19(14)31-6-8-35-9-7-31/h1-2,5,10,13,17H,3-4,6-9,11-12H2,(H,28,33,34)(H2,25,27,29,30)/b15-10+. The van der Waals surface area contributed by atoms with Crippen LogP contribution in [-0.2, 0) is 20.9 Å². The summed E-state index contributed by atoms with van der Waals surface area (Å²) < 4.78 is 7.11. The Morgan fingerprint density at radius 2 is 2.06 bits per heavy atom. The third-order valence-electron chi connectivity index (χ3n) is 6.15. The molecule has 5 heterocycles. The highest BCUT2D eigenvalue weighted by atomic mass is 16.5. The van der Waals surface area contributed by atoms with Gasteiger partial charge in [-0.1, -0.05) is 6.07 Å². The monoisotopic (exact) mass is 475 g/mol. The highest BCUT2D eigenvalue weighted by molar-refractivity contribution is 6.15. The number of fused-ring (bicyclic) bond motifs is 1. The van der Waals surface area contributed by atoms with E-state index >= 15 is 0 Å². The highest BCUT2D eigenvalue weighted by Crippen LogP contribution is 2.27. The average molecular weight is 476 g/mol. The molecule has 0 spiro atoms. The van der Waals surface area contributed by atoms with Gasteiger partial charge in [-0.05, 0) is 25.0 Å². The van der Waals surface area contributed by atoms with Crippen LogP contribution >= 0.6 is 0 Å². The van der Waals surface area contributed by atoms with Crippen molar-refractivity contribution in [3.63, 3.8) is 0 Å². The SMILES string of the molecule is O=C1C/C(=C\c2cnn3c(NC4CC4)nc(NCc4cccnc4N4CCOCC4)nc23)C(=O)N1. The zero-order valence-electron chi connectivity index (χ0n) is 19.0. The molecule has 12 heteroatoms. The summed E-state index contributed by atoms with van der Waals surface area (Å²) in [6, 6.07) is 4.31. The van der Waals surface area contributed by atoms with Crippen LogP contribution in [0, 0.1) is 0 Å². The van der Waals surface area contributed by atoms with E-state index in [0.29, 0.717) is 54.5 Å². The van der Waals surface area contributed by atoms with Gasteiger partial charge in [-0.2, -0.15) is 19.6 Å². The lowest BCUT2D eigenvalue weighted by molar-refractivity contribution is -0.124. The van der Waals surface area contributed by atoms with Crippen LogP contribution in [0.3, 0.4) is 0 Å². The van der Waals surface area contributed by atoms with E-state index in [0.717, 1.165) is 37.3 Å². The molecule has 0 aromatic carbocycles. The summed E-state index contributed by atoms with van der Waals surface area (Å²) in [5.74, 6) is 1.25. The normalized spacial score (nSPS) is 19.4. The van der Waals surface area contributed by atoms with Crippen LogP contribution in [0.1, 0.15) is 30.4 Å². The lowest BCUT2D eigenvalue weighted by Gasteiger charge is -2.29. The summed E-state index contributed by atoms with van der Waals surface area (Å²) in [6.07, 6.45) is 7.29. The van der Waals surface area contributed by atoms with Crippen LogP contribution in [0.4, 0.5) is 17.7 Å². The second kappa shape index (κ2) is 8.95. The van der Waals surface area contributed by atoms with E-state index in [2.05, 4.69) is 40.9 Å². The van der Waals surface area contributed by atoms with Crippen molar-refractivity contribution in [2.75, 3.05) is 41.8 Å². The van der Waals surface area contributed by atoms with Crippen molar-refractivity contribution in [2.24, 2.45) is 0 Å². The Balaban J connectivity index is 1.31. The third kappa shape index (κ3) is 4.52. The molecular weight excluding hydrogens is 450 g/mol. The Morgan fingerprint density at radius 1 is 1.20 bits per heavy atom. The first kappa shape index (κ1) is 21.5. The smallest absolute Gasteiger partial charge is 0.254 e. The lowest BCUT2D eigenvalue weighted by Crippen LogP contribution is -2.37. The number of morpholine rings is 1. The van der Waals surface area contributed by atoms with Crippen molar-refractivity contribution in [3.05, 3.63) is 41.2 Å². The minimum Gasteiger partial charge on any atom is -0.378 e. The van der Waals surface area contributed by atoms with E-state index in [4.69, 9.17) is 4.74 Å². The maximum absolute atomic E-state index is 12.1. The third-order valence-corrected chi connectivity index (χ3v) is 6.15. The Morgan fingerprint density at radius 3 is 2.83 bits per heavy atom. The molecule has 3 fully saturated rings. The summed E-state index contributed by atoms with van der Waals surface area (Å²) in [5, 5.41) is 13.5. The van der Waals surface area contributed by atoms with Crippen LogP contribution in [0.15, 0.2) is 30.1 Å². The predicted molar refractivity (Wildman–Crippen MR) is 128 cm³/mol. The van der Waals surface area contributed by atoms with Gasteiger partial charge in [-0.3, -0.25) is 14.9 Å². The van der Waals surface area contributed by atoms with Gasteiger partial charge < -0.3 is 20.3 Å². The van der Waals surface area contributed by atoms with Crippen molar-refractivity contribution in [2.45, 2.75) is 31.8 Å². The molecule has 0 bridgehead atoms. The molecule has 6 rings (SSSR count). The molecule has 0 atom stereocenters. The molecule has 1 aliphatic carbocycles. The van der Waals surface area contributed by atoms with E-state index in [1.54, 1.807) is 23.0 Å².